The molecular weight excluding hydrogens is 434 g/mol. The molecule has 2 aromatic carbocycles. The first-order chi connectivity index (χ1) is 16.6. The minimum Gasteiger partial charge on any atom is -0.456 e. The van der Waals surface area contributed by atoms with E-state index in [-0.39, 0.29) is 29.4 Å². The first-order valence-electron chi connectivity index (χ1n) is 12.8. The predicted octanol–water partition coefficient (Wildman–Crippen LogP) is 6.09. The molecule has 3 aromatic rings. The molecule has 1 amide bonds. The maximum atomic E-state index is 13.4. The molecule has 5 rings (SSSR count). The van der Waals surface area contributed by atoms with Crippen molar-refractivity contribution >= 4 is 5.91 Å². The van der Waals surface area contributed by atoms with Crippen molar-refractivity contribution in [2.24, 2.45) is 0 Å². The highest BCUT2D eigenvalue weighted by Gasteiger charge is 2.37. The number of furan rings is 1. The number of carbonyl (C=O) groups excluding carboxylic acids is 1. The van der Waals surface area contributed by atoms with Gasteiger partial charge >= 0.3 is 0 Å². The smallest absolute Gasteiger partial charge is 0.290 e. The van der Waals surface area contributed by atoms with E-state index in [0.717, 1.165) is 11.3 Å². The van der Waals surface area contributed by atoms with Gasteiger partial charge in [-0.2, -0.15) is 0 Å². The number of aryl methyl sites for hydroxylation is 1. The van der Waals surface area contributed by atoms with Gasteiger partial charge in [0.1, 0.15) is 5.76 Å². The van der Waals surface area contributed by atoms with Gasteiger partial charge in [0.05, 0.1) is 12.6 Å². The van der Waals surface area contributed by atoms with E-state index in [4.69, 9.17) is 4.42 Å². The van der Waals surface area contributed by atoms with Crippen molar-refractivity contribution in [1.82, 2.24) is 4.90 Å². The lowest BCUT2D eigenvalue weighted by molar-refractivity contribution is 0.0511. The number of benzene rings is 2. The first-order valence-corrected chi connectivity index (χ1v) is 12.8. The van der Waals surface area contributed by atoms with Crippen LogP contribution in [0.1, 0.15) is 90.2 Å². The van der Waals surface area contributed by atoms with Crippen molar-refractivity contribution in [1.29, 1.82) is 0 Å². The number of aliphatic hydroxyl groups is 1. The van der Waals surface area contributed by atoms with Crippen molar-refractivity contribution < 1.29 is 14.3 Å². The Bertz CT molecular complexity index is 1270. The lowest BCUT2D eigenvalue weighted by atomic mass is 9.62. The molecule has 0 saturated carbocycles. The molecule has 1 aliphatic carbocycles. The lowest BCUT2D eigenvalue weighted by Gasteiger charge is -2.42. The quantitative estimate of drug-likeness (QED) is 0.501. The van der Waals surface area contributed by atoms with Crippen LogP contribution in [0.4, 0.5) is 0 Å². The van der Waals surface area contributed by atoms with Crippen molar-refractivity contribution in [3.05, 3.63) is 93.4 Å². The number of fused-ring (bicyclic) bond motifs is 2. The van der Waals surface area contributed by atoms with E-state index >= 15 is 0 Å². The summed E-state index contributed by atoms with van der Waals surface area (Å²) in [5.41, 5.74) is 8.10. The van der Waals surface area contributed by atoms with Crippen LogP contribution in [0.3, 0.4) is 0 Å². The highest BCUT2D eigenvalue weighted by Crippen LogP contribution is 2.46. The Morgan fingerprint density at radius 3 is 2.34 bits per heavy atom. The zero-order valence-electron chi connectivity index (χ0n) is 21.6. The van der Waals surface area contributed by atoms with Crippen molar-refractivity contribution in [2.75, 3.05) is 6.61 Å². The van der Waals surface area contributed by atoms with E-state index in [0.29, 0.717) is 25.1 Å². The Labute approximate surface area is 209 Å². The van der Waals surface area contributed by atoms with Gasteiger partial charge in [-0.25, -0.2) is 0 Å². The van der Waals surface area contributed by atoms with Crippen LogP contribution in [0.25, 0.3) is 0 Å². The van der Waals surface area contributed by atoms with Crippen LogP contribution in [0, 0.1) is 6.92 Å². The minimum atomic E-state index is -0.237. The highest BCUT2D eigenvalue weighted by atomic mass is 16.4. The molecule has 2 heterocycles. The topological polar surface area (TPSA) is 53.7 Å². The molecule has 0 bridgehead atoms. The number of nitrogens with zero attached hydrogens (tertiary/aromatic N) is 1. The number of amides is 1. The Morgan fingerprint density at radius 2 is 1.66 bits per heavy atom. The third-order valence-electron chi connectivity index (χ3n) is 8.37. The number of rotatable bonds is 4. The Balaban J connectivity index is 1.39. The Hall–Kier alpha value is -2.85. The number of hydrogen-bond acceptors (Lipinski definition) is 3. The molecule has 2 aliphatic rings. The normalized spacial score (nSPS) is 20.3. The van der Waals surface area contributed by atoms with Crippen LogP contribution in [-0.2, 0) is 30.2 Å². The number of carbonyl (C=O) groups is 1. The van der Waals surface area contributed by atoms with Gasteiger partial charge in [0.25, 0.3) is 5.91 Å². The first kappa shape index (κ1) is 23.9. The fourth-order valence-corrected chi connectivity index (χ4v) is 5.86. The molecule has 0 radical (unpaired) electrons. The molecule has 1 unspecified atom stereocenters. The predicted molar refractivity (Wildman–Crippen MR) is 139 cm³/mol. The summed E-state index contributed by atoms with van der Waals surface area (Å²) in [5, 5.41) is 9.96. The van der Waals surface area contributed by atoms with E-state index in [1.54, 1.807) is 11.0 Å². The summed E-state index contributed by atoms with van der Waals surface area (Å²) in [5.74, 6) is 0.979. The molecule has 184 valence electrons. The fourth-order valence-electron chi connectivity index (χ4n) is 5.86. The van der Waals surface area contributed by atoms with Crippen LogP contribution in [0.5, 0.6) is 0 Å². The molecule has 1 aliphatic heterocycles. The maximum Gasteiger partial charge on any atom is 0.290 e. The summed E-state index contributed by atoms with van der Waals surface area (Å²) in [6.07, 6.45) is 3.70. The van der Waals surface area contributed by atoms with E-state index in [1.807, 2.05) is 18.2 Å². The third-order valence-corrected chi connectivity index (χ3v) is 8.37. The van der Waals surface area contributed by atoms with Crippen LogP contribution in [0.2, 0.25) is 0 Å². The van der Waals surface area contributed by atoms with Gasteiger partial charge in [-0.3, -0.25) is 4.79 Å². The molecule has 35 heavy (non-hydrogen) atoms. The lowest BCUT2D eigenvalue weighted by Crippen LogP contribution is -2.46. The number of aliphatic hydroxyl groups excluding tert-OH is 1. The minimum absolute atomic E-state index is 0.0614. The van der Waals surface area contributed by atoms with Gasteiger partial charge in [-0.1, -0.05) is 64.1 Å². The molecule has 4 nitrogen and oxygen atoms in total. The summed E-state index contributed by atoms with van der Waals surface area (Å²) >= 11 is 0. The zero-order chi connectivity index (χ0) is 25.0. The van der Waals surface area contributed by atoms with Gasteiger partial charge < -0.3 is 14.4 Å². The maximum absolute atomic E-state index is 13.4. The zero-order valence-corrected chi connectivity index (χ0v) is 21.6. The second kappa shape index (κ2) is 8.67. The molecule has 1 atom stereocenters. The van der Waals surface area contributed by atoms with Crippen molar-refractivity contribution in [3.8, 4) is 0 Å². The second-order valence-electron chi connectivity index (χ2n) is 11.8. The molecular formula is C31H37NO3. The summed E-state index contributed by atoms with van der Waals surface area (Å²) < 4.78 is 6.10. The van der Waals surface area contributed by atoms with E-state index < -0.39 is 0 Å². The molecule has 0 fully saturated rings. The molecule has 1 aromatic heterocycles. The summed E-state index contributed by atoms with van der Waals surface area (Å²) in [6, 6.07) is 16.4. The number of hydrogen-bond donors (Lipinski definition) is 1. The van der Waals surface area contributed by atoms with E-state index in [2.05, 4.69) is 58.9 Å². The van der Waals surface area contributed by atoms with Crippen LogP contribution in [0.15, 0.2) is 52.9 Å². The SMILES string of the molecule is Cc1cc2c(cc1Cc1ccc(C(=O)N3Cc4ccccc4CC3CO)o1)C(C)(C)CCC2(C)C. The second-order valence-corrected chi connectivity index (χ2v) is 11.8. The Morgan fingerprint density at radius 1 is 1.00 bits per heavy atom. The average Bonchev–Trinajstić information content (AvgIpc) is 3.30. The molecule has 1 N–H and O–H groups in total. The summed E-state index contributed by atoms with van der Waals surface area (Å²) in [7, 11) is 0. The van der Waals surface area contributed by atoms with Crippen molar-refractivity contribution in [2.45, 2.75) is 83.7 Å². The van der Waals surface area contributed by atoms with Gasteiger partial charge in [-0.05, 0) is 82.5 Å². The standard InChI is InChI=1S/C31H37NO3/c1-20-14-26-27(31(4,5)13-12-30(26,2)3)17-23(20)16-25-10-11-28(35-25)29(34)32-18-22-9-7-6-8-21(22)15-24(32)19-33/h6-11,14,17,24,33H,12-13,15-16,18-19H2,1-5H3. The average molecular weight is 472 g/mol. The third kappa shape index (κ3) is 4.33. The van der Waals surface area contributed by atoms with Crippen LogP contribution >= 0.6 is 0 Å². The molecule has 0 saturated heterocycles. The highest BCUT2D eigenvalue weighted by molar-refractivity contribution is 5.92. The monoisotopic (exact) mass is 471 g/mol. The van der Waals surface area contributed by atoms with Crippen LogP contribution in [-0.4, -0.2) is 28.6 Å². The van der Waals surface area contributed by atoms with Gasteiger partial charge in [0.15, 0.2) is 5.76 Å². The fraction of sp³-hybridized carbons (Fsp3) is 0.452. The van der Waals surface area contributed by atoms with Gasteiger partial charge in [0, 0.05) is 13.0 Å². The van der Waals surface area contributed by atoms with Crippen molar-refractivity contribution in [3.63, 3.8) is 0 Å². The van der Waals surface area contributed by atoms with Crippen LogP contribution < -0.4 is 0 Å². The molecule has 4 heteroatoms. The van der Waals surface area contributed by atoms with Gasteiger partial charge in [-0.15, -0.1) is 0 Å². The summed E-state index contributed by atoms with van der Waals surface area (Å²) in [4.78, 5) is 15.1. The molecule has 0 spiro atoms. The Kier molecular flexibility index (Phi) is 5.91. The van der Waals surface area contributed by atoms with Gasteiger partial charge in [0.2, 0.25) is 0 Å². The largest absolute Gasteiger partial charge is 0.456 e. The summed E-state index contributed by atoms with van der Waals surface area (Å²) in [6.45, 7) is 12.0. The van der Waals surface area contributed by atoms with E-state index in [1.165, 1.54) is 40.7 Å². The van der Waals surface area contributed by atoms with E-state index in [9.17, 15) is 9.90 Å².